The fourth-order valence-electron chi connectivity index (χ4n) is 8.82. The molecule has 22 nitrogen and oxygen atoms in total. The minimum Gasteiger partial charge on any atom is -0.343 e. The Balaban J connectivity index is 3.93. The molecule has 75 heavy (non-hydrogen) atoms. The second kappa shape index (κ2) is 30.5. The molecule has 0 saturated carbocycles. The maximum atomic E-state index is 14.6. The van der Waals surface area contributed by atoms with Crippen molar-refractivity contribution in [1.29, 1.82) is 0 Å². The Hall–Kier alpha value is -6.09. The highest BCUT2D eigenvalue weighted by Crippen LogP contribution is 2.21. The van der Waals surface area contributed by atoms with Gasteiger partial charge >= 0.3 is 0 Å². The van der Waals surface area contributed by atoms with Crippen LogP contribution < -0.4 is 21.3 Å². The third kappa shape index (κ3) is 20.2. The number of nitrogens with zero attached hydrogens (tertiary/aromatic N) is 7. The predicted octanol–water partition coefficient (Wildman–Crippen LogP) is 1.08. The van der Waals surface area contributed by atoms with Gasteiger partial charge < -0.3 is 55.6 Å². The third-order valence-corrected chi connectivity index (χ3v) is 13.5. The SMILES string of the molecule is C=CCC(C)CC1C(=O)NC(C)C(=O)N(C)CC(=O)N(C)C(CC(C)C)C(=O)NC(C(C)C)C(=O)N(C)CC(=O)NC(C)C(=O)NC(C)C(=O)N(C)C(CC(C)C)C(=O)N(C)C(CC(C)C)C(=O)N(C)CC(=O)N1C. The van der Waals surface area contributed by atoms with Crippen molar-refractivity contribution in [2.45, 2.75) is 164 Å². The van der Waals surface area contributed by atoms with E-state index in [9.17, 15) is 52.7 Å². The highest BCUT2D eigenvalue weighted by atomic mass is 16.2. The van der Waals surface area contributed by atoms with Gasteiger partial charge in [0.25, 0.3) is 0 Å². The number of nitrogens with one attached hydrogen (secondary N) is 4. The summed E-state index contributed by atoms with van der Waals surface area (Å²) in [6.07, 6.45) is 2.91. The first-order valence-electron chi connectivity index (χ1n) is 26.2. The summed E-state index contributed by atoms with van der Waals surface area (Å²) in [5, 5.41) is 10.6. The summed E-state index contributed by atoms with van der Waals surface area (Å²) >= 11 is 0. The van der Waals surface area contributed by atoms with E-state index in [-0.39, 0.29) is 49.4 Å². The molecular weight excluding hydrogens is 967 g/mol. The predicted molar refractivity (Wildman–Crippen MR) is 286 cm³/mol. The Bertz CT molecular complexity index is 2050. The molecule has 0 aromatic carbocycles. The Kier molecular flexibility index (Phi) is 27.2. The second-order valence-electron chi connectivity index (χ2n) is 22.3. The molecule has 1 fully saturated rings. The summed E-state index contributed by atoms with van der Waals surface area (Å²) in [6.45, 7) is 23.1. The van der Waals surface area contributed by atoms with Crippen molar-refractivity contribution in [2.75, 3.05) is 69.0 Å². The van der Waals surface area contributed by atoms with Crippen LogP contribution in [0, 0.1) is 29.6 Å². The Morgan fingerprint density at radius 2 is 0.827 bits per heavy atom. The molecule has 0 aromatic rings. The van der Waals surface area contributed by atoms with Crippen molar-refractivity contribution in [1.82, 2.24) is 55.6 Å². The average molecular weight is 1060 g/mol. The molecule has 0 aromatic heterocycles. The van der Waals surface area contributed by atoms with E-state index in [2.05, 4.69) is 27.8 Å². The van der Waals surface area contributed by atoms with Crippen LogP contribution in [0.3, 0.4) is 0 Å². The van der Waals surface area contributed by atoms with Gasteiger partial charge in [-0.05, 0) is 82.5 Å². The highest BCUT2D eigenvalue weighted by molar-refractivity contribution is 5.98. The molecule has 9 unspecified atom stereocenters. The number of allylic oxidation sites excluding steroid dienone is 1. The van der Waals surface area contributed by atoms with Gasteiger partial charge in [0.15, 0.2) is 0 Å². The number of hydrogen-bond donors (Lipinski definition) is 4. The zero-order chi connectivity index (χ0) is 58.1. The van der Waals surface area contributed by atoms with Crippen molar-refractivity contribution >= 4 is 65.0 Å². The molecular formula is C53H93N11O11. The Morgan fingerprint density at radius 3 is 1.29 bits per heavy atom. The van der Waals surface area contributed by atoms with Crippen LogP contribution in [-0.2, 0) is 52.7 Å². The van der Waals surface area contributed by atoms with Crippen LogP contribution in [0.15, 0.2) is 12.7 Å². The van der Waals surface area contributed by atoms with E-state index in [0.29, 0.717) is 6.42 Å². The standard InChI is InChI=1S/C53H93N11O11/c1-21-22-34(10)26-39-47(69)56-36(12)49(71)59(15)28-43(66)61(17)38(23-30(2)3)48(70)57-45(33(8)9)53(75)58(14)27-42(65)54-35(11)46(68)55-37(13)50(72)63(19)41(25-32(6)7)52(74)64(20)40(24-31(4)5)51(73)60(16)29-44(67)62(39)18/h21,30-41,45H,1,22-29H2,2-20H3,(H,54,65)(H,55,68)(H,56,69)(H,57,70). The Labute approximate surface area is 446 Å². The van der Waals surface area contributed by atoms with Crippen molar-refractivity contribution in [3.05, 3.63) is 12.7 Å². The summed E-state index contributed by atoms with van der Waals surface area (Å²) in [6, 6.07) is -9.06. The monoisotopic (exact) mass is 1060 g/mol. The van der Waals surface area contributed by atoms with Gasteiger partial charge in [0.2, 0.25) is 65.0 Å². The van der Waals surface area contributed by atoms with Crippen LogP contribution in [0.4, 0.5) is 0 Å². The molecule has 1 rings (SSSR count). The van der Waals surface area contributed by atoms with Gasteiger partial charge in [-0.2, -0.15) is 0 Å². The fraction of sp³-hybridized carbons (Fsp3) is 0.755. The molecule has 1 aliphatic rings. The summed E-state index contributed by atoms with van der Waals surface area (Å²) in [5.41, 5.74) is 0. The maximum Gasteiger partial charge on any atom is 0.245 e. The minimum atomic E-state index is -1.18. The molecule has 4 N–H and O–H groups in total. The molecule has 1 aliphatic heterocycles. The zero-order valence-electron chi connectivity index (χ0n) is 48.6. The molecule has 9 atom stereocenters. The van der Waals surface area contributed by atoms with Crippen molar-refractivity contribution in [2.24, 2.45) is 29.6 Å². The van der Waals surface area contributed by atoms with Crippen molar-refractivity contribution in [3.8, 4) is 0 Å². The van der Waals surface area contributed by atoms with E-state index in [4.69, 9.17) is 0 Å². The van der Waals surface area contributed by atoms with Crippen LogP contribution in [0.2, 0.25) is 0 Å². The van der Waals surface area contributed by atoms with E-state index in [1.165, 1.54) is 94.6 Å². The third-order valence-electron chi connectivity index (χ3n) is 13.5. The van der Waals surface area contributed by atoms with Gasteiger partial charge in [-0.1, -0.05) is 68.4 Å². The van der Waals surface area contributed by atoms with E-state index >= 15 is 0 Å². The molecule has 1 saturated heterocycles. The average Bonchev–Trinajstić information content (AvgIpc) is 3.31. The lowest BCUT2D eigenvalue weighted by Gasteiger charge is -2.38. The van der Waals surface area contributed by atoms with Gasteiger partial charge in [-0.3, -0.25) is 52.7 Å². The smallest absolute Gasteiger partial charge is 0.245 e. The molecule has 0 bridgehead atoms. The summed E-state index contributed by atoms with van der Waals surface area (Å²) in [4.78, 5) is 162. The highest BCUT2D eigenvalue weighted by Gasteiger charge is 2.40. The van der Waals surface area contributed by atoms with Gasteiger partial charge in [-0.25, -0.2) is 0 Å². The van der Waals surface area contributed by atoms with Gasteiger partial charge in [0, 0.05) is 49.3 Å². The normalized spacial score (nSPS) is 26.1. The number of amides is 11. The lowest BCUT2D eigenvalue weighted by atomic mass is 9.96. The maximum absolute atomic E-state index is 14.6. The lowest BCUT2D eigenvalue weighted by molar-refractivity contribution is -0.152. The molecule has 11 amide bonds. The van der Waals surface area contributed by atoms with Crippen LogP contribution in [0.5, 0.6) is 0 Å². The molecule has 1 heterocycles. The minimum absolute atomic E-state index is 0.102. The summed E-state index contributed by atoms with van der Waals surface area (Å²) in [7, 11) is 9.90. The molecule has 0 aliphatic carbocycles. The first-order chi connectivity index (χ1) is 34.6. The van der Waals surface area contributed by atoms with E-state index in [1.54, 1.807) is 19.9 Å². The Morgan fingerprint density at radius 1 is 0.440 bits per heavy atom. The zero-order valence-corrected chi connectivity index (χ0v) is 48.6. The van der Waals surface area contributed by atoms with E-state index in [0.717, 1.165) is 9.80 Å². The number of rotatable bonds is 11. The van der Waals surface area contributed by atoms with Gasteiger partial charge in [-0.15, -0.1) is 6.58 Å². The number of hydrogen-bond acceptors (Lipinski definition) is 11. The van der Waals surface area contributed by atoms with Crippen molar-refractivity contribution in [3.63, 3.8) is 0 Å². The first-order valence-corrected chi connectivity index (χ1v) is 26.2. The molecule has 22 heteroatoms. The molecule has 0 radical (unpaired) electrons. The van der Waals surface area contributed by atoms with Crippen LogP contribution in [-0.4, -0.2) is 217 Å². The summed E-state index contributed by atoms with van der Waals surface area (Å²) in [5.74, 6) is -7.92. The van der Waals surface area contributed by atoms with Gasteiger partial charge in [0.1, 0.15) is 48.3 Å². The van der Waals surface area contributed by atoms with Crippen molar-refractivity contribution < 1.29 is 52.7 Å². The van der Waals surface area contributed by atoms with E-state index in [1.807, 2.05) is 48.5 Å². The largest absolute Gasteiger partial charge is 0.343 e. The van der Waals surface area contributed by atoms with Crippen LogP contribution >= 0.6 is 0 Å². The first kappa shape index (κ1) is 66.9. The summed E-state index contributed by atoms with van der Waals surface area (Å²) < 4.78 is 0. The molecule has 0 spiro atoms. The number of carbonyl (C=O) groups is 11. The lowest BCUT2D eigenvalue weighted by Crippen LogP contribution is -2.59. The quantitative estimate of drug-likeness (QED) is 0.213. The topological polar surface area (TPSA) is 259 Å². The molecule has 426 valence electrons. The van der Waals surface area contributed by atoms with Crippen LogP contribution in [0.1, 0.15) is 115 Å². The fourth-order valence-corrected chi connectivity index (χ4v) is 8.82. The second-order valence-corrected chi connectivity index (χ2v) is 22.3. The number of carbonyl (C=O) groups excluding carboxylic acids is 11. The van der Waals surface area contributed by atoms with E-state index < -0.39 is 139 Å². The van der Waals surface area contributed by atoms with Crippen LogP contribution in [0.25, 0.3) is 0 Å². The number of likely N-dealkylation sites (N-methyl/N-ethyl adjacent to an activating group) is 7. The van der Waals surface area contributed by atoms with Gasteiger partial charge in [0.05, 0.1) is 19.6 Å².